The van der Waals surface area contributed by atoms with Gasteiger partial charge in [0.2, 0.25) is 0 Å². The molecule has 0 saturated carbocycles. The van der Waals surface area contributed by atoms with Crippen LogP contribution in [0.3, 0.4) is 0 Å². The first kappa shape index (κ1) is 11.8. The molecule has 1 unspecified atom stereocenters. The molecule has 0 spiro atoms. The van der Waals surface area contributed by atoms with Gasteiger partial charge >= 0.3 is 96.8 Å². The summed E-state index contributed by atoms with van der Waals surface area (Å²) < 4.78 is 10.3. The fourth-order valence-electron chi connectivity index (χ4n) is 0.668. The molecule has 0 rings (SSSR count). The van der Waals surface area contributed by atoms with Gasteiger partial charge in [0.25, 0.3) is 0 Å². The van der Waals surface area contributed by atoms with Gasteiger partial charge in [-0.1, -0.05) is 0 Å². The zero-order chi connectivity index (χ0) is 8.20. The molecule has 2 N–H and O–H groups in total. The van der Waals surface area contributed by atoms with E-state index in [-0.39, 0.29) is 48.7 Å². The quantitative estimate of drug-likeness (QED) is 0.510. The molecule has 10 heavy (non-hydrogen) atoms. The average Bonchev–Trinajstić information content (AvgIpc) is 1.80. The number of unbranched alkanes of at least 4 members (excludes halogenated alkanes) is 1. The van der Waals surface area contributed by atoms with E-state index >= 15 is 0 Å². The number of hydrogen-bond acceptors (Lipinski definition) is 1. The van der Waals surface area contributed by atoms with Crippen molar-refractivity contribution in [2.45, 2.75) is 25.9 Å². The third-order valence-corrected chi connectivity index (χ3v) is 7.01. The van der Waals surface area contributed by atoms with Crippen LogP contribution in [0.5, 0.6) is 0 Å². The van der Waals surface area contributed by atoms with Gasteiger partial charge in [0.1, 0.15) is 0 Å². The Bertz CT molecular complexity index is 133. The minimum atomic E-state index is -3.70. The Morgan fingerprint density at radius 2 is 2.10 bits per heavy atom. The molecule has 0 heterocycles. The summed E-state index contributed by atoms with van der Waals surface area (Å²) in [5, 5.41) is 0. The Balaban J connectivity index is 3.63. The number of rotatable bonds is 4. The summed E-state index contributed by atoms with van der Waals surface area (Å²) >= 11 is 0.251. The Kier molecular flexibility index (Phi) is 6.41. The summed E-state index contributed by atoms with van der Waals surface area (Å²) in [4.78, 5) is 17.3. The summed E-state index contributed by atoms with van der Waals surface area (Å²) in [6.07, 6.45) is 2.67. The van der Waals surface area contributed by atoms with Crippen molar-refractivity contribution < 1.29 is 14.4 Å². The second kappa shape index (κ2) is 5.44. The van der Waals surface area contributed by atoms with Crippen LogP contribution in [0.2, 0.25) is 0 Å². The van der Waals surface area contributed by atoms with Crippen LogP contribution in [-0.4, -0.2) is 58.5 Å². The predicted molar refractivity (Wildman–Crippen MR) is 41.1 cm³/mol. The van der Waals surface area contributed by atoms with E-state index < -0.39 is 7.60 Å². The van der Waals surface area contributed by atoms with Crippen LogP contribution in [-0.2, 0) is 4.57 Å². The molecule has 0 amide bonds. The molecule has 0 fully saturated rings. The zero-order valence-electron chi connectivity index (χ0n) is 6.45. The van der Waals surface area contributed by atoms with Gasteiger partial charge in [-0.05, 0) is 0 Å². The van der Waals surface area contributed by atoms with Crippen molar-refractivity contribution >= 4 is 56.5 Å². The van der Waals surface area contributed by atoms with Crippen LogP contribution in [0.25, 0.3) is 0 Å². The van der Waals surface area contributed by atoms with Crippen molar-refractivity contribution in [3.8, 4) is 0 Å². The van der Waals surface area contributed by atoms with Gasteiger partial charge in [0.15, 0.2) is 0 Å². The second-order valence-electron chi connectivity index (χ2n) is 2.58. The fraction of sp³-hybridized carbons (Fsp3) is 1.00. The van der Waals surface area contributed by atoms with Crippen molar-refractivity contribution in [3.63, 3.8) is 0 Å². The van der Waals surface area contributed by atoms with Crippen LogP contribution in [0.15, 0.2) is 0 Å². The average molecular weight is 190 g/mol. The van der Waals surface area contributed by atoms with Gasteiger partial charge in [0.05, 0.1) is 0 Å². The van der Waals surface area contributed by atoms with Crippen LogP contribution < -0.4 is 0 Å². The molecule has 0 bridgehead atoms. The maximum absolute atomic E-state index is 10.6. The first-order valence-electron chi connectivity index (χ1n) is 3.53. The van der Waals surface area contributed by atoms with E-state index in [9.17, 15) is 4.57 Å². The van der Waals surface area contributed by atoms with E-state index in [1.807, 2.05) is 6.92 Å². The third kappa shape index (κ3) is 5.44. The van der Waals surface area contributed by atoms with Crippen molar-refractivity contribution in [2.75, 3.05) is 0 Å². The fourth-order valence-corrected chi connectivity index (χ4v) is 1.82. The van der Waals surface area contributed by atoms with Gasteiger partial charge in [0, 0.05) is 0 Å². The monoisotopic (exact) mass is 190 g/mol. The number of hydrogen-bond donors (Lipinski definition) is 2. The SMILES string of the molecule is CCCC[CH]([K])P(=O)(O)O. The standard InChI is InChI=1S/C5H12O3P.K/c1-2-3-4-5-9(6,7)8;/h5H,2-4H2,1H3,(H2,6,7,8);. The molecule has 3 nitrogen and oxygen atoms in total. The van der Waals surface area contributed by atoms with Crippen molar-refractivity contribution in [1.29, 1.82) is 0 Å². The van der Waals surface area contributed by atoms with E-state index in [0.717, 1.165) is 12.8 Å². The Hall–Kier alpha value is 1.79. The molecule has 0 aliphatic heterocycles. The molecule has 5 heteroatoms. The first-order chi connectivity index (χ1) is 4.48. The summed E-state index contributed by atoms with van der Waals surface area (Å²) in [5.74, 6) is 0. The van der Waals surface area contributed by atoms with E-state index in [1.165, 1.54) is 0 Å². The van der Waals surface area contributed by atoms with Gasteiger partial charge in [-0.15, -0.1) is 0 Å². The molecule has 1 atom stereocenters. The van der Waals surface area contributed by atoms with Crippen LogP contribution in [0, 0.1) is 0 Å². The van der Waals surface area contributed by atoms with E-state index in [1.54, 1.807) is 0 Å². The van der Waals surface area contributed by atoms with Gasteiger partial charge in [-0.2, -0.15) is 0 Å². The molecular weight excluding hydrogens is 178 g/mol. The van der Waals surface area contributed by atoms with Crippen LogP contribution in [0.4, 0.5) is 0 Å². The molecule has 0 aliphatic carbocycles. The van der Waals surface area contributed by atoms with E-state index in [4.69, 9.17) is 9.79 Å². The summed E-state index contributed by atoms with van der Waals surface area (Å²) in [7, 11) is -3.70. The zero-order valence-corrected chi connectivity index (χ0v) is 10.5. The van der Waals surface area contributed by atoms with Crippen molar-refractivity contribution in [3.05, 3.63) is 0 Å². The Morgan fingerprint density at radius 1 is 1.60 bits per heavy atom. The first-order valence-corrected chi connectivity index (χ1v) is 7.02. The van der Waals surface area contributed by atoms with Crippen molar-refractivity contribution in [2.24, 2.45) is 0 Å². The van der Waals surface area contributed by atoms with Gasteiger partial charge in [-0.25, -0.2) is 0 Å². The van der Waals surface area contributed by atoms with Crippen molar-refractivity contribution in [1.82, 2.24) is 0 Å². The molecule has 0 aliphatic rings. The van der Waals surface area contributed by atoms with Gasteiger partial charge < -0.3 is 0 Å². The van der Waals surface area contributed by atoms with E-state index in [0.29, 0.717) is 6.42 Å². The summed E-state index contributed by atoms with van der Waals surface area (Å²) in [6, 6.07) is 0. The second-order valence-corrected chi connectivity index (χ2v) is 8.33. The van der Waals surface area contributed by atoms with E-state index in [2.05, 4.69) is 0 Å². The third-order valence-electron chi connectivity index (χ3n) is 1.55. The normalized spacial score (nSPS) is 15.3. The predicted octanol–water partition coefficient (Wildman–Crippen LogP) is 0.849. The molecule has 0 aromatic rings. The summed E-state index contributed by atoms with van der Waals surface area (Å²) in [6.45, 7) is 2.03. The Labute approximate surface area is 95.3 Å². The van der Waals surface area contributed by atoms with Crippen LogP contribution >= 0.6 is 7.60 Å². The van der Waals surface area contributed by atoms with Gasteiger partial charge in [-0.3, -0.25) is 0 Å². The maximum atomic E-state index is 10.6. The molecule has 0 radical (unpaired) electrons. The topological polar surface area (TPSA) is 57.5 Å². The minimum absolute atomic E-state index is 0.251. The molecule has 0 aromatic carbocycles. The molecule has 0 saturated heterocycles. The Morgan fingerprint density at radius 3 is 2.40 bits per heavy atom. The molecule has 0 aromatic heterocycles. The summed E-state index contributed by atoms with van der Waals surface area (Å²) in [5.41, 5.74) is 0. The molecule has 56 valence electrons. The van der Waals surface area contributed by atoms with Crippen LogP contribution in [0.1, 0.15) is 26.2 Å². The molecular formula is C5H12KO3P.